The number of ether oxygens (including phenoxy) is 1. The van der Waals surface area contributed by atoms with E-state index in [0.29, 0.717) is 36.4 Å². The van der Waals surface area contributed by atoms with Crippen LogP contribution in [0.1, 0.15) is 51.7 Å². The predicted molar refractivity (Wildman–Crippen MR) is 154 cm³/mol. The van der Waals surface area contributed by atoms with Crippen molar-refractivity contribution in [2.45, 2.75) is 88.5 Å². The molecule has 2 bridgehead atoms. The van der Waals surface area contributed by atoms with E-state index in [0.717, 1.165) is 30.3 Å². The summed E-state index contributed by atoms with van der Waals surface area (Å²) in [7, 11) is -1.91. The standard InChI is InChI=1S/C31H44O4SeSi/c1-21(2)31(3,4)37(5,6)34-20-26-25(27-16-17-28(26)35-27)18-22-12-10-11-13-23(22)19-29(30(32)33)36-24-14-8-7-9-15-24/h7-15,21,25-29H,16-20H2,1-6H3,(H,32,33)/t25-,26+,27+,28-,29?/m0/s1. The van der Waals surface area contributed by atoms with E-state index in [4.69, 9.17) is 9.16 Å². The van der Waals surface area contributed by atoms with Crippen LogP contribution in [0.5, 0.6) is 0 Å². The number of rotatable bonds is 12. The first kappa shape index (κ1) is 28.6. The van der Waals surface area contributed by atoms with Gasteiger partial charge in [0.2, 0.25) is 0 Å². The van der Waals surface area contributed by atoms with Crippen LogP contribution in [0.2, 0.25) is 22.9 Å². The van der Waals surface area contributed by atoms with Gasteiger partial charge in [-0.15, -0.1) is 0 Å². The van der Waals surface area contributed by atoms with Crippen molar-refractivity contribution >= 4 is 33.7 Å². The number of hydrogen-bond donors (Lipinski definition) is 1. The first-order valence-electron chi connectivity index (χ1n) is 13.8. The van der Waals surface area contributed by atoms with Crippen molar-refractivity contribution in [2.75, 3.05) is 6.61 Å². The van der Waals surface area contributed by atoms with E-state index in [2.05, 4.69) is 59.0 Å². The van der Waals surface area contributed by atoms with Gasteiger partial charge >= 0.3 is 218 Å². The maximum absolute atomic E-state index is 12.2. The van der Waals surface area contributed by atoms with Gasteiger partial charge in [0.05, 0.1) is 0 Å². The third kappa shape index (κ3) is 6.42. The van der Waals surface area contributed by atoms with Crippen LogP contribution >= 0.6 is 0 Å². The molecule has 202 valence electrons. The second-order valence-corrected chi connectivity index (χ2v) is 19.5. The minimum absolute atomic E-state index is 0.119. The van der Waals surface area contributed by atoms with Crippen molar-refractivity contribution in [1.82, 2.24) is 0 Å². The van der Waals surface area contributed by atoms with Gasteiger partial charge in [-0.1, -0.05) is 13.8 Å². The molecule has 4 rings (SSSR count). The summed E-state index contributed by atoms with van der Waals surface area (Å²) in [6.45, 7) is 14.9. The molecule has 4 nitrogen and oxygen atoms in total. The zero-order chi connectivity index (χ0) is 26.8. The summed E-state index contributed by atoms with van der Waals surface area (Å²) < 4.78 is 14.4. The fourth-order valence-electron chi connectivity index (χ4n) is 5.82. The molecule has 0 aliphatic carbocycles. The first-order chi connectivity index (χ1) is 17.5. The second-order valence-electron chi connectivity index (χ2n) is 12.3. The summed E-state index contributed by atoms with van der Waals surface area (Å²) in [5.41, 5.74) is 2.45. The second kappa shape index (κ2) is 11.8. The Balaban J connectivity index is 1.49. The SMILES string of the molecule is CC(C)C(C)(C)[Si](C)(C)OC[C@@H]1[C@H](Cc2ccccc2CC([Se]c2ccccc2)C(=O)O)[C@H]2CC[C@@H]1O2. The molecule has 1 unspecified atom stereocenters. The number of fused-ring (bicyclic) bond motifs is 2. The van der Waals surface area contributed by atoms with Crippen LogP contribution in [-0.4, -0.2) is 53.2 Å². The van der Waals surface area contributed by atoms with E-state index < -0.39 is 14.3 Å². The average Bonchev–Trinajstić information content (AvgIpc) is 3.46. The van der Waals surface area contributed by atoms with E-state index in [-0.39, 0.29) is 24.8 Å². The van der Waals surface area contributed by atoms with Gasteiger partial charge in [0.15, 0.2) is 0 Å². The van der Waals surface area contributed by atoms with Crippen molar-refractivity contribution in [3.05, 3.63) is 65.7 Å². The molecule has 1 N–H and O–H groups in total. The van der Waals surface area contributed by atoms with E-state index in [1.807, 2.05) is 36.4 Å². The van der Waals surface area contributed by atoms with Crippen LogP contribution in [0.15, 0.2) is 54.6 Å². The Morgan fingerprint density at radius 3 is 2.24 bits per heavy atom. The third-order valence-corrected chi connectivity index (χ3v) is 16.6. The molecular weight excluding hydrogens is 543 g/mol. The summed E-state index contributed by atoms with van der Waals surface area (Å²) in [4.78, 5) is 11.8. The molecule has 6 heteroatoms. The summed E-state index contributed by atoms with van der Waals surface area (Å²) in [6, 6.07) is 18.5. The molecule has 37 heavy (non-hydrogen) atoms. The summed E-state index contributed by atoms with van der Waals surface area (Å²) in [5, 5.41) is 10.2. The molecule has 2 heterocycles. The van der Waals surface area contributed by atoms with Crippen LogP contribution in [0, 0.1) is 17.8 Å². The Bertz CT molecular complexity index is 1050. The van der Waals surface area contributed by atoms with Crippen LogP contribution in [0.25, 0.3) is 0 Å². The Morgan fingerprint density at radius 2 is 1.62 bits per heavy atom. The van der Waals surface area contributed by atoms with Crippen molar-refractivity contribution in [3.8, 4) is 0 Å². The minimum atomic E-state index is -1.91. The molecule has 2 aliphatic heterocycles. The molecule has 2 saturated heterocycles. The van der Waals surface area contributed by atoms with Crippen molar-refractivity contribution in [3.63, 3.8) is 0 Å². The zero-order valence-electron chi connectivity index (χ0n) is 23.3. The first-order valence-corrected chi connectivity index (χ1v) is 18.6. The van der Waals surface area contributed by atoms with Crippen molar-refractivity contribution < 1.29 is 19.1 Å². The Hall–Kier alpha value is -1.43. The van der Waals surface area contributed by atoms with E-state index in [1.165, 1.54) is 11.1 Å². The molecule has 0 aromatic heterocycles. The molecule has 2 aromatic rings. The molecule has 2 fully saturated rings. The van der Waals surface area contributed by atoms with E-state index in [9.17, 15) is 9.90 Å². The Kier molecular flexibility index (Phi) is 9.08. The number of benzene rings is 2. The van der Waals surface area contributed by atoms with Gasteiger partial charge in [-0.3, -0.25) is 0 Å². The normalized spacial score (nSPS) is 24.5. The molecular formula is C31H44O4SeSi. The number of carboxylic acid groups (broad SMARTS) is 1. The molecule has 2 aromatic carbocycles. The van der Waals surface area contributed by atoms with Gasteiger partial charge in [-0.05, 0) is 0 Å². The van der Waals surface area contributed by atoms with E-state index >= 15 is 0 Å². The fourth-order valence-corrected chi connectivity index (χ4v) is 10.3. The van der Waals surface area contributed by atoms with Gasteiger partial charge < -0.3 is 0 Å². The van der Waals surface area contributed by atoms with Gasteiger partial charge in [-0.2, -0.15) is 0 Å². The monoisotopic (exact) mass is 588 g/mol. The average molecular weight is 588 g/mol. The van der Waals surface area contributed by atoms with E-state index in [1.54, 1.807) is 0 Å². The number of aliphatic carboxylic acids is 1. The third-order valence-electron chi connectivity index (χ3n) is 9.50. The fraction of sp³-hybridized carbons (Fsp3) is 0.581. The molecule has 0 spiro atoms. The molecule has 0 radical (unpaired) electrons. The topological polar surface area (TPSA) is 55.8 Å². The van der Waals surface area contributed by atoms with Crippen LogP contribution in [0.3, 0.4) is 0 Å². The van der Waals surface area contributed by atoms with Crippen LogP contribution < -0.4 is 4.46 Å². The quantitative estimate of drug-likeness (QED) is 0.304. The molecule has 5 atom stereocenters. The Labute approximate surface area is 230 Å². The number of hydrogen-bond acceptors (Lipinski definition) is 3. The zero-order valence-corrected chi connectivity index (χ0v) is 26.0. The van der Waals surface area contributed by atoms with Gasteiger partial charge in [-0.25, -0.2) is 0 Å². The van der Waals surface area contributed by atoms with Crippen molar-refractivity contribution in [2.24, 2.45) is 17.8 Å². The van der Waals surface area contributed by atoms with Crippen LogP contribution in [-0.2, 0) is 26.8 Å². The predicted octanol–water partition coefficient (Wildman–Crippen LogP) is 6.13. The number of carboxylic acids is 1. The van der Waals surface area contributed by atoms with Crippen molar-refractivity contribution in [1.29, 1.82) is 0 Å². The molecule has 0 saturated carbocycles. The number of carbonyl (C=O) groups is 1. The summed E-state index contributed by atoms with van der Waals surface area (Å²) in [6.07, 6.45) is 4.35. The molecule has 2 aliphatic rings. The molecule has 0 amide bonds. The summed E-state index contributed by atoms with van der Waals surface area (Å²) >= 11 is -0.119. The van der Waals surface area contributed by atoms with Crippen LogP contribution in [0.4, 0.5) is 0 Å². The maximum atomic E-state index is 12.2. The Morgan fingerprint density at radius 1 is 1.03 bits per heavy atom. The van der Waals surface area contributed by atoms with Gasteiger partial charge in [0.1, 0.15) is 0 Å². The summed E-state index contributed by atoms with van der Waals surface area (Å²) in [5.74, 6) is 0.709. The van der Waals surface area contributed by atoms with Gasteiger partial charge in [0.25, 0.3) is 0 Å². The van der Waals surface area contributed by atoms with Gasteiger partial charge in [0, 0.05) is 0 Å².